The summed E-state index contributed by atoms with van der Waals surface area (Å²) in [6.07, 6.45) is 8.78. The summed E-state index contributed by atoms with van der Waals surface area (Å²) in [5.74, 6) is 1.04. The molecule has 0 radical (unpaired) electrons. The fraction of sp³-hybridized carbons (Fsp3) is 0.472. The van der Waals surface area contributed by atoms with Gasteiger partial charge in [0.05, 0.1) is 47.7 Å². The van der Waals surface area contributed by atoms with E-state index in [0.29, 0.717) is 28.6 Å². The number of nitrogens with zero attached hydrogens (tertiary/aromatic N) is 7. The lowest BCUT2D eigenvalue weighted by molar-refractivity contribution is 0.0725. The summed E-state index contributed by atoms with van der Waals surface area (Å²) < 4.78 is 12.1. The molecule has 48 heavy (non-hydrogen) atoms. The molecule has 2 saturated heterocycles. The highest BCUT2D eigenvalue weighted by Gasteiger charge is 2.47. The van der Waals surface area contributed by atoms with Gasteiger partial charge in [-0.2, -0.15) is 5.10 Å². The van der Waals surface area contributed by atoms with Crippen molar-refractivity contribution in [3.63, 3.8) is 0 Å². The first kappa shape index (κ1) is 29.4. The van der Waals surface area contributed by atoms with Crippen molar-refractivity contribution in [2.75, 3.05) is 7.11 Å². The van der Waals surface area contributed by atoms with Crippen LogP contribution < -0.4 is 15.8 Å². The molecule has 3 fully saturated rings. The number of ether oxygens (including phenoxy) is 1. The Hall–Kier alpha value is -4.71. The SMILES string of the molecule is COc1cc(C(=O)N2[C@H]3CC[C@@H]2[C@H](N)C3)cc2nc(-c3cc4ccc([C@@H](C)NC(=O)c5cnn6c5CCC6)nc4n3CC3CC3)c(C)n12. The number of carbonyl (C=O) groups is 2. The van der Waals surface area contributed by atoms with Gasteiger partial charge in [0, 0.05) is 48.2 Å². The number of methoxy groups -OCH3 is 1. The third-order valence-electron chi connectivity index (χ3n) is 11.1. The number of hydrogen-bond acceptors (Lipinski definition) is 7. The summed E-state index contributed by atoms with van der Waals surface area (Å²) in [6, 6.07) is 10.0. The van der Waals surface area contributed by atoms with Crippen LogP contribution in [0.1, 0.15) is 89.3 Å². The smallest absolute Gasteiger partial charge is 0.255 e. The molecule has 0 aromatic carbocycles. The molecule has 3 aliphatic heterocycles. The third kappa shape index (κ3) is 4.56. The first-order valence-corrected chi connectivity index (χ1v) is 17.3. The summed E-state index contributed by atoms with van der Waals surface area (Å²) in [5, 5.41) is 8.56. The lowest BCUT2D eigenvalue weighted by atomic mass is 9.97. The van der Waals surface area contributed by atoms with E-state index in [1.165, 1.54) is 12.8 Å². The quantitative estimate of drug-likeness (QED) is 0.254. The molecule has 12 nitrogen and oxygen atoms in total. The first-order valence-electron chi connectivity index (χ1n) is 17.3. The molecule has 4 aliphatic rings. The Morgan fingerprint density at radius 3 is 2.73 bits per heavy atom. The minimum Gasteiger partial charge on any atom is -0.482 e. The van der Waals surface area contributed by atoms with E-state index in [2.05, 4.69) is 27.1 Å². The van der Waals surface area contributed by atoms with E-state index in [1.807, 2.05) is 46.0 Å². The average molecular weight is 648 g/mol. The van der Waals surface area contributed by atoms with E-state index in [-0.39, 0.29) is 36.0 Å². The van der Waals surface area contributed by atoms with Crippen LogP contribution in [-0.2, 0) is 19.5 Å². The van der Waals surface area contributed by atoms with Gasteiger partial charge in [-0.15, -0.1) is 0 Å². The molecule has 5 aromatic heterocycles. The Kier molecular flexibility index (Phi) is 6.69. The molecule has 248 valence electrons. The van der Waals surface area contributed by atoms with Crippen LogP contribution >= 0.6 is 0 Å². The van der Waals surface area contributed by atoms with E-state index < -0.39 is 0 Å². The molecule has 5 aromatic rings. The van der Waals surface area contributed by atoms with E-state index >= 15 is 0 Å². The van der Waals surface area contributed by atoms with Gasteiger partial charge in [0.1, 0.15) is 17.0 Å². The predicted molar refractivity (Wildman–Crippen MR) is 180 cm³/mol. The number of aryl methyl sites for hydroxylation is 2. The monoisotopic (exact) mass is 647 g/mol. The maximum atomic E-state index is 13.8. The first-order chi connectivity index (χ1) is 23.3. The lowest BCUT2D eigenvalue weighted by Crippen LogP contribution is -2.40. The molecule has 3 N–H and O–H groups in total. The summed E-state index contributed by atoms with van der Waals surface area (Å²) in [5.41, 5.74) is 13.7. The van der Waals surface area contributed by atoms with Gasteiger partial charge >= 0.3 is 0 Å². The number of fused-ring (bicyclic) bond motifs is 5. The Labute approximate surface area is 278 Å². The zero-order valence-electron chi connectivity index (χ0n) is 27.6. The van der Waals surface area contributed by atoms with Crippen molar-refractivity contribution in [1.29, 1.82) is 0 Å². The molecule has 4 atom stereocenters. The number of nitrogens with one attached hydrogen (secondary N) is 1. The van der Waals surface area contributed by atoms with Gasteiger partial charge in [-0.1, -0.05) is 0 Å². The Morgan fingerprint density at radius 2 is 1.98 bits per heavy atom. The second-order valence-electron chi connectivity index (χ2n) is 14.2. The van der Waals surface area contributed by atoms with Crippen LogP contribution in [0.2, 0.25) is 0 Å². The second-order valence-corrected chi connectivity index (χ2v) is 14.2. The van der Waals surface area contributed by atoms with Crippen molar-refractivity contribution < 1.29 is 14.3 Å². The van der Waals surface area contributed by atoms with Gasteiger partial charge in [-0.25, -0.2) is 9.97 Å². The standard InChI is InChI=1S/C36H41N9O3/c1-19(39-35(46)25-17-38-43-12-4-5-28(25)43)27-10-8-22-13-30(42(34(22)40-27)18-21-6-7-21)33-20(2)44-31(41-33)14-23(15-32(44)48-3)36(47)45-24-9-11-29(45)26(37)16-24/h8,10,13-15,17,19,21,24,26,29H,4-7,9,11-12,16,18,37H2,1-3H3,(H,39,46)/t19-,24+,26-,29-/m1/s1. The van der Waals surface area contributed by atoms with Crippen LogP contribution in [0.4, 0.5) is 0 Å². The topological polar surface area (TPSA) is 138 Å². The molecular weight excluding hydrogens is 606 g/mol. The number of nitrogens with two attached hydrogens (primary N) is 1. The van der Waals surface area contributed by atoms with Crippen LogP contribution in [0.15, 0.2) is 36.5 Å². The highest BCUT2D eigenvalue weighted by molar-refractivity contribution is 5.97. The van der Waals surface area contributed by atoms with Gasteiger partial charge in [0.25, 0.3) is 11.8 Å². The Balaban J connectivity index is 1.08. The van der Waals surface area contributed by atoms with Crippen LogP contribution in [0.25, 0.3) is 28.1 Å². The van der Waals surface area contributed by atoms with Crippen molar-refractivity contribution in [2.24, 2.45) is 11.7 Å². The van der Waals surface area contributed by atoms with E-state index in [0.717, 1.165) is 84.7 Å². The average Bonchev–Trinajstić information content (AvgIpc) is 3.58. The molecule has 2 amide bonds. The Morgan fingerprint density at radius 1 is 1.12 bits per heavy atom. The number of pyridine rings is 2. The zero-order chi connectivity index (χ0) is 32.8. The number of hydrogen-bond donors (Lipinski definition) is 2. The normalized spacial score (nSPS) is 22.2. The lowest BCUT2D eigenvalue weighted by Gasteiger charge is -2.23. The number of rotatable bonds is 8. The summed E-state index contributed by atoms with van der Waals surface area (Å²) in [7, 11) is 1.63. The molecule has 1 saturated carbocycles. The fourth-order valence-corrected chi connectivity index (χ4v) is 8.42. The van der Waals surface area contributed by atoms with Gasteiger partial charge < -0.3 is 25.3 Å². The van der Waals surface area contributed by atoms with Crippen LogP contribution in [0.3, 0.4) is 0 Å². The van der Waals surface area contributed by atoms with Gasteiger partial charge in [0.15, 0.2) is 5.88 Å². The molecule has 8 heterocycles. The van der Waals surface area contributed by atoms with Gasteiger partial charge in [-0.3, -0.25) is 18.7 Å². The molecule has 2 bridgehead atoms. The minimum absolute atomic E-state index is 0.00276. The van der Waals surface area contributed by atoms with Crippen LogP contribution in [-0.4, -0.2) is 70.7 Å². The molecule has 0 spiro atoms. The van der Waals surface area contributed by atoms with Crippen LogP contribution in [0, 0.1) is 12.8 Å². The van der Waals surface area contributed by atoms with E-state index in [1.54, 1.807) is 13.3 Å². The van der Waals surface area contributed by atoms with E-state index in [9.17, 15) is 9.59 Å². The number of carbonyl (C=O) groups excluding carboxylic acids is 2. The molecule has 1 aliphatic carbocycles. The highest BCUT2D eigenvalue weighted by atomic mass is 16.5. The van der Waals surface area contributed by atoms with Crippen molar-refractivity contribution in [3.05, 3.63) is 64.7 Å². The summed E-state index contributed by atoms with van der Waals surface area (Å²) in [4.78, 5) is 39.3. The number of aromatic nitrogens is 6. The highest BCUT2D eigenvalue weighted by Crippen LogP contribution is 2.40. The zero-order valence-corrected chi connectivity index (χ0v) is 27.6. The van der Waals surface area contributed by atoms with Crippen molar-refractivity contribution >= 4 is 28.5 Å². The minimum atomic E-state index is -0.288. The predicted octanol–water partition coefficient (Wildman–Crippen LogP) is 4.42. The molecule has 12 heteroatoms. The fourth-order valence-electron chi connectivity index (χ4n) is 8.42. The molecule has 0 unspecified atom stereocenters. The van der Waals surface area contributed by atoms with Crippen molar-refractivity contribution in [1.82, 2.24) is 38.9 Å². The maximum absolute atomic E-state index is 13.8. The molecular formula is C36H41N9O3. The van der Waals surface area contributed by atoms with Crippen molar-refractivity contribution in [2.45, 2.75) is 96.1 Å². The maximum Gasteiger partial charge on any atom is 0.255 e. The van der Waals surface area contributed by atoms with Crippen LogP contribution in [0.5, 0.6) is 5.88 Å². The van der Waals surface area contributed by atoms with Crippen molar-refractivity contribution in [3.8, 4) is 17.3 Å². The summed E-state index contributed by atoms with van der Waals surface area (Å²) >= 11 is 0. The molecule has 9 rings (SSSR count). The second kappa shape index (κ2) is 10.9. The van der Waals surface area contributed by atoms with E-state index in [4.69, 9.17) is 20.4 Å². The largest absolute Gasteiger partial charge is 0.482 e. The van der Waals surface area contributed by atoms with Gasteiger partial charge in [-0.05, 0) is 89.0 Å². The van der Waals surface area contributed by atoms with Gasteiger partial charge in [0.2, 0.25) is 0 Å². The Bertz CT molecular complexity index is 2120. The number of amides is 2. The third-order valence-corrected chi connectivity index (χ3v) is 11.1. The summed E-state index contributed by atoms with van der Waals surface area (Å²) in [6.45, 7) is 5.72. The number of imidazole rings is 1.